The van der Waals surface area contributed by atoms with Gasteiger partial charge >= 0.3 is 0 Å². The van der Waals surface area contributed by atoms with Gasteiger partial charge in [0.25, 0.3) is 23.6 Å². The zero-order valence-corrected chi connectivity index (χ0v) is 18.8. The topological polar surface area (TPSA) is 134 Å². The molecule has 2 aliphatic heterocycles. The highest BCUT2D eigenvalue weighted by Crippen LogP contribution is 2.32. The van der Waals surface area contributed by atoms with Gasteiger partial charge in [0.2, 0.25) is 0 Å². The van der Waals surface area contributed by atoms with E-state index in [0.29, 0.717) is 23.0 Å². The Morgan fingerprint density at radius 1 is 0.500 bits per heavy atom. The van der Waals surface area contributed by atoms with Gasteiger partial charge in [-0.05, 0) is 60.7 Å². The summed E-state index contributed by atoms with van der Waals surface area (Å²) in [5.41, 5.74) is 0.957. The van der Waals surface area contributed by atoms with E-state index in [9.17, 15) is 19.2 Å². The van der Waals surface area contributed by atoms with Gasteiger partial charge in [0, 0.05) is 0 Å². The summed E-state index contributed by atoms with van der Waals surface area (Å²) in [6, 6.07) is 15.8. The summed E-state index contributed by atoms with van der Waals surface area (Å²) in [5, 5.41) is 18.2. The van der Waals surface area contributed by atoms with Crippen LogP contribution in [0.15, 0.2) is 60.7 Å². The molecule has 10 nitrogen and oxygen atoms in total. The molecule has 0 unspecified atom stereocenters. The molecular formula is C26H20N2O8. The van der Waals surface area contributed by atoms with E-state index < -0.39 is 23.6 Å². The van der Waals surface area contributed by atoms with Gasteiger partial charge in [-0.2, -0.15) is 0 Å². The molecule has 0 saturated carbocycles. The van der Waals surface area contributed by atoms with E-state index in [2.05, 4.69) is 0 Å². The molecule has 4 amide bonds. The number of β-amino-alcohol motifs (C(OH)–C–C–N with tert-alkyl or cyclic N) is 2. The first kappa shape index (κ1) is 23.2. The van der Waals surface area contributed by atoms with Crippen LogP contribution >= 0.6 is 0 Å². The molecule has 0 radical (unpaired) electrons. The summed E-state index contributed by atoms with van der Waals surface area (Å²) in [5.74, 6) is -0.209. The monoisotopic (exact) mass is 488 g/mol. The van der Waals surface area contributed by atoms with Gasteiger partial charge < -0.3 is 19.7 Å². The molecule has 0 fully saturated rings. The Bertz CT molecular complexity index is 1290. The largest absolute Gasteiger partial charge is 0.457 e. The van der Waals surface area contributed by atoms with E-state index in [-0.39, 0.29) is 48.6 Å². The predicted molar refractivity (Wildman–Crippen MR) is 124 cm³/mol. The molecule has 2 aliphatic rings. The van der Waals surface area contributed by atoms with E-state index in [1.165, 1.54) is 24.3 Å². The lowest BCUT2D eigenvalue weighted by Gasteiger charge is -2.10. The second-order valence-corrected chi connectivity index (χ2v) is 8.06. The zero-order valence-electron chi connectivity index (χ0n) is 18.8. The van der Waals surface area contributed by atoms with Crippen LogP contribution < -0.4 is 9.47 Å². The van der Waals surface area contributed by atoms with Gasteiger partial charge in [-0.3, -0.25) is 29.0 Å². The maximum atomic E-state index is 12.4. The van der Waals surface area contributed by atoms with Crippen LogP contribution in [0.4, 0.5) is 0 Å². The number of fused-ring (bicyclic) bond motifs is 2. The number of nitrogens with zero attached hydrogens (tertiary/aromatic N) is 2. The minimum absolute atomic E-state index is 0.0698. The summed E-state index contributed by atoms with van der Waals surface area (Å²) in [6.45, 7) is -0.768. The summed E-state index contributed by atoms with van der Waals surface area (Å²) < 4.78 is 11.6. The average Bonchev–Trinajstić information content (AvgIpc) is 3.26. The molecule has 182 valence electrons. The first-order chi connectivity index (χ1) is 17.4. The average molecular weight is 488 g/mol. The van der Waals surface area contributed by atoms with Crippen molar-refractivity contribution in [1.82, 2.24) is 9.80 Å². The Balaban J connectivity index is 1.28. The predicted octanol–water partition coefficient (Wildman–Crippen LogP) is 2.45. The summed E-state index contributed by atoms with van der Waals surface area (Å²) in [7, 11) is 0. The fraction of sp³-hybridized carbons (Fsp3) is 0.154. The standard InChI is InChI=1S/C26H20N2O8/c29-11-9-27-23(31)19-7-5-17(13-21(19)25(27)33)35-15-1-2-16(4-3-15)36-18-6-8-20-22(14-18)26(34)28(10-12-30)24(20)32/h1-8,13-14,29-30H,9-12H2. The molecule has 2 N–H and O–H groups in total. The fourth-order valence-electron chi connectivity index (χ4n) is 4.12. The van der Waals surface area contributed by atoms with Crippen molar-refractivity contribution in [2.45, 2.75) is 0 Å². The summed E-state index contributed by atoms with van der Waals surface area (Å²) >= 11 is 0. The van der Waals surface area contributed by atoms with Crippen molar-refractivity contribution < 1.29 is 38.9 Å². The van der Waals surface area contributed by atoms with Crippen molar-refractivity contribution in [2.24, 2.45) is 0 Å². The number of ether oxygens (including phenoxy) is 2. The molecule has 10 heteroatoms. The van der Waals surface area contributed by atoms with Crippen molar-refractivity contribution in [3.05, 3.63) is 82.9 Å². The molecule has 0 aromatic heterocycles. The van der Waals surface area contributed by atoms with Gasteiger partial charge in [-0.1, -0.05) is 0 Å². The summed E-state index contributed by atoms with van der Waals surface area (Å²) in [6.07, 6.45) is 0. The highest BCUT2D eigenvalue weighted by atomic mass is 16.5. The van der Waals surface area contributed by atoms with Crippen LogP contribution in [0.25, 0.3) is 0 Å². The number of carbonyl (C=O) groups excluding carboxylic acids is 4. The van der Waals surface area contributed by atoms with E-state index >= 15 is 0 Å². The van der Waals surface area contributed by atoms with E-state index in [1.807, 2.05) is 0 Å². The minimum atomic E-state index is -0.479. The number of hydrogen-bond donors (Lipinski definition) is 2. The molecule has 0 atom stereocenters. The number of hydrogen-bond acceptors (Lipinski definition) is 8. The first-order valence-electron chi connectivity index (χ1n) is 11.1. The smallest absolute Gasteiger partial charge is 0.261 e. The highest BCUT2D eigenvalue weighted by molar-refractivity contribution is 6.22. The number of amides is 4. The Hall–Kier alpha value is -4.54. The van der Waals surface area contributed by atoms with Crippen LogP contribution in [0.3, 0.4) is 0 Å². The van der Waals surface area contributed by atoms with Crippen LogP contribution in [-0.2, 0) is 0 Å². The quantitative estimate of drug-likeness (QED) is 0.462. The molecule has 0 spiro atoms. The number of aliphatic hydroxyl groups excluding tert-OH is 2. The van der Waals surface area contributed by atoms with Crippen molar-refractivity contribution in [2.75, 3.05) is 26.3 Å². The minimum Gasteiger partial charge on any atom is -0.457 e. The molecule has 36 heavy (non-hydrogen) atoms. The second kappa shape index (κ2) is 9.25. The van der Waals surface area contributed by atoms with E-state index in [0.717, 1.165) is 9.80 Å². The first-order valence-corrected chi connectivity index (χ1v) is 11.1. The molecule has 0 saturated heterocycles. The third-order valence-corrected chi connectivity index (χ3v) is 5.83. The van der Waals surface area contributed by atoms with Gasteiger partial charge in [0.1, 0.15) is 23.0 Å². The molecule has 2 heterocycles. The van der Waals surface area contributed by atoms with Crippen LogP contribution in [-0.4, -0.2) is 69.9 Å². The van der Waals surface area contributed by atoms with Gasteiger partial charge in [-0.15, -0.1) is 0 Å². The van der Waals surface area contributed by atoms with Crippen molar-refractivity contribution in [3.8, 4) is 23.0 Å². The number of carbonyl (C=O) groups is 4. The van der Waals surface area contributed by atoms with E-state index in [1.54, 1.807) is 36.4 Å². The van der Waals surface area contributed by atoms with Crippen LogP contribution in [0.1, 0.15) is 41.4 Å². The van der Waals surface area contributed by atoms with Gasteiger partial charge in [0.05, 0.1) is 48.6 Å². The lowest BCUT2D eigenvalue weighted by Crippen LogP contribution is -2.32. The number of rotatable bonds is 8. The second-order valence-electron chi connectivity index (χ2n) is 8.06. The van der Waals surface area contributed by atoms with Crippen molar-refractivity contribution >= 4 is 23.6 Å². The highest BCUT2D eigenvalue weighted by Gasteiger charge is 2.36. The number of benzene rings is 3. The lowest BCUT2D eigenvalue weighted by molar-refractivity contribution is 0.0610. The molecular weight excluding hydrogens is 468 g/mol. The third-order valence-electron chi connectivity index (χ3n) is 5.83. The maximum absolute atomic E-state index is 12.4. The fourth-order valence-corrected chi connectivity index (χ4v) is 4.12. The molecule has 3 aromatic carbocycles. The lowest BCUT2D eigenvalue weighted by atomic mass is 10.1. The van der Waals surface area contributed by atoms with Crippen LogP contribution in [0, 0.1) is 0 Å². The Labute approximate surface area is 204 Å². The molecule has 5 rings (SSSR count). The van der Waals surface area contributed by atoms with Gasteiger partial charge in [-0.25, -0.2) is 0 Å². The Kier molecular flexibility index (Phi) is 5.96. The van der Waals surface area contributed by atoms with E-state index in [4.69, 9.17) is 19.7 Å². The zero-order chi connectivity index (χ0) is 25.4. The Morgan fingerprint density at radius 3 is 1.19 bits per heavy atom. The van der Waals surface area contributed by atoms with Gasteiger partial charge in [0.15, 0.2) is 0 Å². The van der Waals surface area contributed by atoms with Crippen molar-refractivity contribution in [3.63, 3.8) is 0 Å². The van der Waals surface area contributed by atoms with Crippen molar-refractivity contribution in [1.29, 1.82) is 0 Å². The number of aliphatic hydroxyl groups is 2. The van der Waals surface area contributed by atoms with Crippen LogP contribution in [0.5, 0.6) is 23.0 Å². The SMILES string of the molecule is O=C1c2ccc(Oc3ccc(Oc4ccc5c(c4)C(=O)N(CCO)C5=O)cc3)cc2C(=O)N1CCO. The molecule has 0 bridgehead atoms. The molecule has 3 aromatic rings. The van der Waals surface area contributed by atoms with Crippen LogP contribution in [0.2, 0.25) is 0 Å². The maximum Gasteiger partial charge on any atom is 0.261 e. The molecule has 0 aliphatic carbocycles. The Morgan fingerprint density at radius 2 is 0.833 bits per heavy atom. The summed E-state index contributed by atoms with van der Waals surface area (Å²) in [4.78, 5) is 51.5. The normalized spacial score (nSPS) is 14.4. The third kappa shape index (κ3) is 3.98. The number of imide groups is 2.